The summed E-state index contributed by atoms with van der Waals surface area (Å²) in [4.78, 5) is 26.9. The van der Waals surface area contributed by atoms with Crippen molar-refractivity contribution in [3.63, 3.8) is 0 Å². The topological polar surface area (TPSA) is 67.9 Å². The fourth-order valence-corrected chi connectivity index (χ4v) is 3.28. The van der Waals surface area contributed by atoms with Gasteiger partial charge in [-0.1, -0.05) is 44.5 Å². The first kappa shape index (κ1) is 24.3. The lowest BCUT2D eigenvalue weighted by molar-refractivity contribution is -0.145. The zero-order chi connectivity index (χ0) is 22.8. The van der Waals surface area contributed by atoms with Crippen LogP contribution in [0.3, 0.4) is 0 Å². The summed E-state index contributed by atoms with van der Waals surface area (Å²) in [6.45, 7) is 4.97. The molecule has 1 amide bonds. The van der Waals surface area contributed by atoms with Gasteiger partial charge in [-0.15, -0.1) is 0 Å². The van der Waals surface area contributed by atoms with Crippen molar-refractivity contribution >= 4 is 17.6 Å². The van der Waals surface area contributed by atoms with Crippen molar-refractivity contribution in [1.82, 2.24) is 5.32 Å². The Morgan fingerprint density at radius 2 is 1.68 bits per heavy atom. The highest BCUT2D eigenvalue weighted by atomic mass is 16.5. The summed E-state index contributed by atoms with van der Waals surface area (Å²) in [6.07, 6.45) is 2.42. The molecule has 0 aliphatic rings. The van der Waals surface area contributed by atoms with Crippen LogP contribution >= 0.6 is 0 Å². The third-order valence-electron chi connectivity index (χ3n) is 5.09. The second kappa shape index (κ2) is 12.0. The molecule has 1 unspecified atom stereocenters. The number of amides is 1. The fourth-order valence-electron chi connectivity index (χ4n) is 3.28. The first-order chi connectivity index (χ1) is 14.8. The number of carbonyl (C=O) groups excluding carboxylic acids is 2. The number of esters is 1. The lowest BCUT2D eigenvalue weighted by atomic mass is 10.1. The van der Waals surface area contributed by atoms with Crippen molar-refractivity contribution in [3.05, 3.63) is 59.7 Å². The Morgan fingerprint density at radius 1 is 1.03 bits per heavy atom. The molecular weight excluding hydrogens is 392 g/mol. The fraction of sp³-hybridized carbons (Fsp3) is 0.440. The minimum Gasteiger partial charge on any atom is -0.493 e. The number of nitrogens with one attached hydrogen (secondary N) is 1. The summed E-state index contributed by atoms with van der Waals surface area (Å²) in [6, 6.07) is 14.1. The smallest absolute Gasteiger partial charge is 0.333 e. The summed E-state index contributed by atoms with van der Waals surface area (Å²) in [7, 11) is 5.24. The van der Waals surface area contributed by atoms with E-state index in [2.05, 4.69) is 19.2 Å². The van der Waals surface area contributed by atoms with Gasteiger partial charge < -0.3 is 19.7 Å². The summed E-state index contributed by atoms with van der Waals surface area (Å²) in [5.74, 6) is 0.462. The molecule has 0 saturated carbocycles. The maximum Gasteiger partial charge on any atom is 0.333 e. The standard InChI is InChI=1S/C25H34N2O4/c1-6-7-18(2)17-31-22-14-10-20(11-15-22)24(25(29)30-5)26-23(28)16-19-8-12-21(13-9-19)27(3)4/h8-15,18,24H,6-7,16-17H2,1-5H3,(H,26,28)/t18?,24-/m1/s1. The molecule has 6 nitrogen and oxygen atoms in total. The Kier molecular flexibility index (Phi) is 9.38. The van der Waals surface area contributed by atoms with Gasteiger partial charge >= 0.3 is 5.97 Å². The molecular formula is C25H34N2O4. The molecule has 2 rings (SSSR count). The van der Waals surface area contributed by atoms with Crippen molar-refractivity contribution in [2.75, 3.05) is 32.7 Å². The van der Waals surface area contributed by atoms with Crippen LogP contribution < -0.4 is 15.0 Å². The zero-order valence-electron chi connectivity index (χ0n) is 19.2. The van der Waals surface area contributed by atoms with Gasteiger partial charge in [0.1, 0.15) is 5.75 Å². The first-order valence-electron chi connectivity index (χ1n) is 10.7. The summed E-state index contributed by atoms with van der Waals surface area (Å²) in [5.41, 5.74) is 2.58. The summed E-state index contributed by atoms with van der Waals surface area (Å²) < 4.78 is 10.7. The number of hydrogen-bond donors (Lipinski definition) is 1. The van der Waals surface area contributed by atoms with Crippen LogP contribution in [0, 0.1) is 5.92 Å². The van der Waals surface area contributed by atoms with E-state index in [4.69, 9.17) is 9.47 Å². The number of nitrogens with zero attached hydrogens (tertiary/aromatic N) is 1. The monoisotopic (exact) mass is 426 g/mol. The van der Waals surface area contributed by atoms with E-state index in [1.165, 1.54) is 7.11 Å². The van der Waals surface area contributed by atoms with Gasteiger partial charge in [0.2, 0.25) is 5.91 Å². The van der Waals surface area contributed by atoms with Crippen LogP contribution in [0.1, 0.15) is 43.9 Å². The number of rotatable bonds is 11. The Bertz CT molecular complexity index is 832. The minimum absolute atomic E-state index is 0.178. The molecule has 1 N–H and O–H groups in total. The average Bonchev–Trinajstić information content (AvgIpc) is 2.76. The van der Waals surface area contributed by atoms with Crippen LogP contribution in [0.25, 0.3) is 0 Å². The van der Waals surface area contributed by atoms with Crippen molar-refractivity contribution < 1.29 is 19.1 Å². The summed E-state index contributed by atoms with van der Waals surface area (Å²) >= 11 is 0. The molecule has 0 radical (unpaired) electrons. The molecule has 2 aromatic carbocycles. The molecule has 0 aliphatic carbocycles. The van der Waals surface area contributed by atoms with Gasteiger partial charge in [0, 0.05) is 19.8 Å². The molecule has 0 aromatic heterocycles. The number of anilines is 1. The molecule has 0 heterocycles. The van der Waals surface area contributed by atoms with Gasteiger partial charge in [0.05, 0.1) is 20.1 Å². The van der Waals surface area contributed by atoms with Crippen LogP contribution in [-0.2, 0) is 20.7 Å². The van der Waals surface area contributed by atoms with E-state index in [1.54, 1.807) is 12.1 Å². The third kappa shape index (κ3) is 7.63. The van der Waals surface area contributed by atoms with Gasteiger partial charge in [-0.2, -0.15) is 0 Å². The second-order valence-electron chi connectivity index (χ2n) is 8.04. The van der Waals surface area contributed by atoms with Crippen LogP contribution in [-0.4, -0.2) is 39.7 Å². The van der Waals surface area contributed by atoms with Gasteiger partial charge in [-0.05, 0) is 47.7 Å². The average molecular weight is 427 g/mol. The highest BCUT2D eigenvalue weighted by Gasteiger charge is 2.23. The zero-order valence-corrected chi connectivity index (χ0v) is 19.2. The molecule has 0 aliphatic heterocycles. The van der Waals surface area contributed by atoms with Gasteiger partial charge in [-0.3, -0.25) is 4.79 Å². The molecule has 0 bridgehead atoms. The Hall–Kier alpha value is -3.02. The highest BCUT2D eigenvalue weighted by Crippen LogP contribution is 2.21. The predicted octanol–water partition coefficient (Wildman–Crippen LogP) is 4.14. The maximum atomic E-state index is 12.6. The quantitative estimate of drug-likeness (QED) is 0.547. The molecule has 0 fully saturated rings. The number of methoxy groups -OCH3 is 1. The van der Waals surface area contributed by atoms with E-state index in [9.17, 15) is 9.59 Å². The first-order valence-corrected chi connectivity index (χ1v) is 10.7. The van der Waals surface area contributed by atoms with E-state index in [1.807, 2.05) is 55.4 Å². The number of carbonyl (C=O) groups is 2. The molecule has 6 heteroatoms. The largest absolute Gasteiger partial charge is 0.493 e. The normalized spacial score (nSPS) is 12.5. The molecule has 0 saturated heterocycles. The Morgan fingerprint density at radius 3 is 2.23 bits per heavy atom. The number of ether oxygens (including phenoxy) is 2. The Labute approximate surface area is 185 Å². The van der Waals surface area contributed by atoms with Crippen molar-refractivity contribution in [1.29, 1.82) is 0 Å². The van der Waals surface area contributed by atoms with Gasteiger partial charge in [0.15, 0.2) is 6.04 Å². The van der Waals surface area contributed by atoms with E-state index >= 15 is 0 Å². The van der Waals surface area contributed by atoms with E-state index in [-0.39, 0.29) is 12.3 Å². The van der Waals surface area contributed by atoms with Gasteiger partial charge in [-0.25, -0.2) is 4.79 Å². The lowest BCUT2D eigenvalue weighted by Crippen LogP contribution is -2.35. The predicted molar refractivity (Wildman–Crippen MR) is 123 cm³/mol. The lowest BCUT2D eigenvalue weighted by Gasteiger charge is -2.18. The summed E-state index contributed by atoms with van der Waals surface area (Å²) in [5, 5.41) is 2.79. The SMILES string of the molecule is CCCC(C)COc1ccc([C@@H](NC(=O)Cc2ccc(N(C)C)cc2)C(=O)OC)cc1. The van der Waals surface area contributed by atoms with Crippen LogP contribution in [0.4, 0.5) is 5.69 Å². The minimum atomic E-state index is -0.869. The molecule has 168 valence electrons. The molecule has 2 atom stereocenters. The van der Waals surface area contributed by atoms with Gasteiger partial charge in [0.25, 0.3) is 0 Å². The van der Waals surface area contributed by atoms with Crippen LogP contribution in [0.5, 0.6) is 5.75 Å². The van der Waals surface area contributed by atoms with E-state index < -0.39 is 12.0 Å². The third-order valence-corrected chi connectivity index (χ3v) is 5.09. The van der Waals surface area contributed by atoms with Crippen LogP contribution in [0.15, 0.2) is 48.5 Å². The highest BCUT2D eigenvalue weighted by molar-refractivity contribution is 5.86. The van der Waals surface area contributed by atoms with E-state index in [0.29, 0.717) is 18.1 Å². The van der Waals surface area contributed by atoms with Crippen molar-refractivity contribution in [3.8, 4) is 5.75 Å². The second-order valence-corrected chi connectivity index (χ2v) is 8.04. The van der Waals surface area contributed by atoms with Crippen molar-refractivity contribution in [2.24, 2.45) is 5.92 Å². The number of hydrogen-bond acceptors (Lipinski definition) is 5. The van der Waals surface area contributed by atoms with Crippen molar-refractivity contribution in [2.45, 2.75) is 39.2 Å². The number of benzene rings is 2. The Balaban J connectivity index is 2.02. The molecule has 31 heavy (non-hydrogen) atoms. The molecule has 2 aromatic rings. The van der Waals surface area contributed by atoms with E-state index in [0.717, 1.165) is 29.8 Å². The van der Waals surface area contributed by atoms with Crippen LogP contribution in [0.2, 0.25) is 0 Å². The maximum absolute atomic E-state index is 12.6. The molecule has 0 spiro atoms.